The number of benzene rings is 1. The van der Waals surface area contributed by atoms with Crippen LogP contribution in [-0.2, 0) is 6.42 Å². The van der Waals surface area contributed by atoms with E-state index in [-0.39, 0.29) is 5.69 Å². The van der Waals surface area contributed by atoms with Gasteiger partial charge in [-0.15, -0.1) is 10.2 Å². The van der Waals surface area contributed by atoms with Crippen LogP contribution in [0.5, 0.6) is 0 Å². The minimum absolute atomic E-state index is 0.0510. The molecule has 0 aliphatic heterocycles. The Hall–Kier alpha value is -3.37. The van der Waals surface area contributed by atoms with Crippen molar-refractivity contribution < 1.29 is 4.92 Å². The molecule has 0 unspecified atom stereocenters. The Morgan fingerprint density at radius 2 is 2.00 bits per heavy atom. The lowest BCUT2D eigenvalue weighted by molar-refractivity contribution is -0.384. The van der Waals surface area contributed by atoms with Crippen molar-refractivity contribution in [3.05, 3.63) is 74.5 Å². The SMILES string of the molecule is Nc1c(-c2nnc(Cc3ccc([N+](=O)[O-])cc3)s2)cnn1-c1ncccc1Cl. The van der Waals surface area contributed by atoms with Gasteiger partial charge in [0.25, 0.3) is 5.69 Å². The van der Waals surface area contributed by atoms with Crippen molar-refractivity contribution in [2.45, 2.75) is 6.42 Å². The van der Waals surface area contributed by atoms with E-state index in [4.69, 9.17) is 17.3 Å². The first-order chi connectivity index (χ1) is 13.5. The Balaban J connectivity index is 1.58. The summed E-state index contributed by atoms with van der Waals surface area (Å²) in [5.41, 5.74) is 7.80. The Morgan fingerprint density at radius 3 is 2.71 bits per heavy atom. The van der Waals surface area contributed by atoms with Gasteiger partial charge in [0.1, 0.15) is 10.8 Å². The normalized spacial score (nSPS) is 10.9. The van der Waals surface area contributed by atoms with Crippen LogP contribution in [0.15, 0.2) is 48.8 Å². The molecule has 4 rings (SSSR count). The van der Waals surface area contributed by atoms with E-state index in [1.165, 1.54) is 28.2 Å². The van der Waals surface area contributed by atoms with Crippen LogP contribution in [-0.4, -0.2) is 29.9 Å². The topological polar surface area (TPSA) is 126 Å². The van der Waals surface area contributed by atoms with Crippen molar-refractivity contribution in [1.29, 1.82) is 0 Å². The lowest BCUT2D eigenvalue weighted by atomic mass is 10.1. The molecule has 3 heterocycles. The summed E-state index contributed by atoms with van der Waals surface area (Å²) < 4.78 is 1.45. The number of hydrogen-bond acceptors (Lipinski definition) is 8. The molecular formula is C17H12ClN7O2S. The molecule has 1 aromatic carbocycles. The van der Waals surface area contributed by atoms with Gasteiger partial charge in [0.05, 0.1) is 21.7 Å². The average molecular weight is 414 g/mol. The Kier molecular flexibility index (Phi) is 4.72. The van der Waals surface area contributed by atoms with E-state index >= 15 is 0 Å². The number of nitrogen functional groups attached to an aromatic ring is 1. The number of hydrogen-bond donors (Lipinski definition) is 1. The number of non-ortho nitro benzene ring substituents is 1. The number of rotatable bonds is 5. The van der Waals surface area contributed by atoms with Gasteiger partial charge in [-0.2, -0.15) is 9.78 Å². The molecule has 11 heteroatoms. The molecule has 0 spiro atoms. The fourth-order valence-electron chi connectivity index (χ4n) is 2.57. The number of nitro benzene ring substituents is 1. The van der Waals surface area contributed by atoms with Gasteiger partial charge in [-0.05, 0) is 17.7 Å². The van der Waals surface area contributed by atoms with Crippen molar-refractivity contribution >= 4 is 34.4 Å². The zero-order chi connectivity index (χ0) is 19.7. The molecule has 0 bridgehead atoms. The highest BCUT2D eigenvalue weighted by Crippen LogP contribution is 2.31. The van der Waals surface area contributed by atoms with Crippen molar-refractivity contribution in [2.24, 2.45) is 0 Å². The van der Waals surface area contributed by atoms with Crippen LogP contribution in [0.4, 0.5) is 11.5 Å². The predicted molar refractivity (Wildman–Crippen MR) is 106 cm³/mol. The second-order valence-electron chi connectivity index (χ2n) is 5.77. The molecule has 0 amide bonds. The number of pyridine rings is 1. The van der Waals surface area contributed by atoms with Gasteiger partial charge in [0.2, 0.25) is 0 Å². The fourth-order valence-corrected chi connectivity index (χ4v) is 3.66. The molecule has 0 radical (unpaired) electrons. The standard InChI is InChI=1S/C17H12ClN7O2S/c18-13-2-1-7-20-16(13)24-15(19)12(9-21-24)17-23-22-14(28-17)8-10-3-5-11(6-4-10)25(26)27/h1-7,9H,8,19H2. The molecule has 2 N–H and O–H groups in total. The first-order valence-corrected chi connectivity index (χ1v) is 9.23. The highest BCUT2D eigenvalue weighted by Gasteiger charge is 2.17. The summed E-state index contributed by atoms with van der Waals surface area (Å²) in [4.78, 5) is 14.5. The maximum absolute atomic E-state index is 10.7. The summed E-state index contributed by atoms with van der Waals surface area (Å²) in [6, 6.07) is 9.77. The molecule has 9 nitrogen and oxygen atoms in total. The molecule has 0 fully saturated rings. The van der Waals surface area contributed by atoms with E-state index in [1.54, 1.807) is 36.7 Å². The van der Waals surface area contributed by atoms with Gasteiger partial charge < -0.3 is 5.73 Å². The van der Waals surface area contributed by atoms with Crippen molar-refractivity contribution in [3.8, 4) is 16.4 Å². The number of halogens is 1. The Labute approximate surface area is 167 Å². The molecule has 3 aromatic heterocycles. The molecule has 0 saturated carbocycles. The average Bonchev–Trinajstić information content (AvgIpc) is 3.29. The van der Waals surface area contributed by atoms with Crippen molar-refractivity contribution in [3.63, 3.8) is 0 Å². The molecule has 28 heavy (non-hydrogen) atoms. The maximum atomic E-state index is 10.7. The van der Waals surface area contributed by atoms with Gasteiger partial charge in [-0.3, -0.25) is 10.1 Å². The number of aromatic nitrogens is 5. The van der Waals surface area contributed by atoms with Gasteiger partial charge in [0, 0.05) is 24.8 Å². The number of anilines is 1. The second kappa shape index (κ2) is 7.33. The number of nitro groups is 1. The number of nitrogens with zero attached hydrogens (tertiary/aromatic N) is 6. The van der Waals surface area contributed by atoms with E-state index < -0.39 is 4.92 Å². The van der Waals surface area contributed by atoms with Crippen LogP contribution >= 0.6 is 22.9 Å². The quantitative estimate of drug-likeness (QED) is 0.391. The first kappa shape index (κ1) is 18.0. The van der Waals surface area contributed by atoms with E-state index in [0.29, 0.717) is 33.7 Å². The van der Waals surface area contributed by atoms with E-state index in [1.807, 2.05) is 0 Å². The first-order valence-electron chi connectivity index (χ1n) is 8.03. The van der Waals surface area contributed by atoms with Crippen molar-refractivity contribution in [1.82, 2.24) is 25.0 Å². The predicted octanol–water partition coefficient (Wildman–Crippen LogP) is 3.52. The minimum Gasteiger partial charge on any atom is -0.383 e. The molecule has 4 aromatic rings. The molecule has 0 aliphatic rings. The molecule has 0 saturated heterocycles. The van der Waals surface area contributed by atoms with Crippen LogP contribution in [0, 0.1) is 10.1 Å². The number of nitrogens with two attached hydrogens (primary N) is 1. The Bertz CT molecular complexity index is 1160. The third kappa shape index (κ3) is 3.42. The lowest BCUT2D eigenvalue weighted by Gasteiger charge is -2.04. The third-order valence-electron chi connectivity index (χ3n) is 3.95. The van der Waals surface area contributed by atoms with Crippen LogP contribution in [0.3, 0.4) is 0 Å². The van der Waals surface area contributed by atoms with Gasteiger partial charge in [0.15, 0.2) is 10.8 Å². The summed E-state index contributed by atoms with van der Waals surface area (Å²) in [5.74, 6) is 0.794. The summed E-state index contributed by atoms with van der Waals surface area (Å²) in [7, 11) is 0. The zero-order valence-electron chi connectivity index (χ0n) is 14.2. The van der Waals surface area contributed by atoms with Crippen molar-refractivity contribution in [2.75, 3.05) is 5.73 Å². The Morgan fingerprint density at radius 1 is 1.21 bits per heavy atom. The molecule has 0 atom stereocenters. The summed E-state index contributed by atoms with van der Waals surface area (Å²) in [6.45, 7) is 0. The molecular weight excluding hydrogens is 402 g/mol. The van der Waals surface area contributed by atoms with Crippen LogP contribution in [0.25, 0.3) is 16.4 Å². The largest absolute Gasteiger partial charge is 0.383 e. The van der Waals surface area contributed by atoms with E-state index in [2.05, 4.69) is 20.3 Å². The van der Waals surface area contributed by atoms with Crippen LogP contribution < -0.4 is 5.73 Å². The van der Waals surface area contributed by atoms with Crippen LogP contribution in [0.2, 0.25) is 5.02 Å². The molecule has 0 aliphatic carbocycles. The highest BCUT2D eigenvalue weighted by atomic mass is 35.5. The smallest absolute Gasteiger partial charge is 0.269 e. The second-order valence-corrected chi connectivity index (χ2v) is 7.23. The van der Waals surface area contributed by atoms with Gasteiger partial charge in [-0.25, -0.2) is 4.98 Å². The third-order valence-corrected chi connectivity index (χ3v) is 5.20. The minimum atomic E-state index is -0.429. The highest BCUT2D eigenvalue weighted by molar-refractivity contribution is 7.14. The van der Waals surface area contributed by atoms with E-state index in [0.717, 1.165) is 10.6 Å². The zero-order valence-corrected chi connectivity index (χ0v) is 15.8. The van der Waals surface area contributed by atoms with Gasteiger partial charge >= 0.3 is 0 Å². The van der Waals surface area contributed by atoms with Gasteiger partial charge in [-0.1, -0.05) is 35.1 Å². The van der Waals surface area contributed by atoms with E-state index in [9.17, 15) is 10.1 Å². The summed E-state index contributed by atoms with van der Waals surface area (Å²) in [6.07, 6.45) is 3.71. The fraction of sp³-hybridized carbons (Fsp3) is 0.0588. The summed E-state index contributed by atoms with van der Waals surface area (Å²) in [5, 5.41) is 25.2. The molecule has 140 valence electrons. The summed E-state index contributed by atoms with van der Waals surface area (Å²) >= 11 is 7.54. The monoisotopic (exact) mass is 413 g/mol. The lowest BCUT2D eigenvalue weighted by Crippen LogP contribution is -2.04. The van der Waals surface area contributed by atoms with Crippen LogP contribution in [0.1, 0.15) is 10.6 Å². The maximum Gasteiger partial charge on any atom is 0.269 e.